The van der Waals surface area contributed by atoms with E-state index < -0.39 is 0 Å². The van der Waals surface area contributed by atoms with Crippen LogP contribution in [0.25, 0.3) is 0 Å². The van der Waals surface area contributed by atoms with Crippen LogP contribution in [-0.2, 0) is 0 Å². The fourth-order valence-corrected chi connectivity index (χ4v) is 2.33. The van der Waals surface area contributed by atoms with E-state index in [2.05, 4.69) is 25.6 Å². The summed E-state index contributed by atoms with van der Waals surface area (Å²) in [7, 11) is 1.74. The molecule has 1 unspecified atom stereocenters. The van der Waals surface area contributed by atoms with Gasteiger partial charge in [-0.2, -0.15) is 15.0 Å². The van der Waals surface area contributed by atoms with E-state index in [4.69, 9.17) is 16.3 Å². The Morgan fingerprint density at radius 1 is 1.20 bits per heavy atom. The Kier molecular flexibility index (Phi) is 3.56. The van der Waals surface area contributed by atoms with Crippen molar-refractivity contribution < 1.29 is 4.74 Å². The second kappa shape index (κ2) is 5.50. The van der Waals surface area contributed by atoms with Gasteiger partial charge in [-0.3, -0.25) is 0 Å². The van der Waals surface area contributed by atoms with Crippen molar-refractivity contribution in [3.63, 3.8) is 0 Å². The molecule has 0 amide bonds. The van der Waals surface area contributed by atoms with Crippen LogP contribution in [0.4, 0.5) is 11.9 Å². The van der Waals surface area contributed by atoms with Crippen LogP contribution in [0.2, 0.25) is 5.28 Å². The monoisotopic (exact) mass is 291 g/mol. The van der Waals surface area contributed by atoms with Gasteiger partial charge in [-0.1, -0.05) is 18.2 Å². The molecule has 1 aromatic heterocycles. The summed E-state index contributed by atoms with van der Waals surface area (Å²) in [5, 5.41) is 6.30. The molecule has 20 heavy (non-hydrogen) atoms. The number of halogens is 1. The Morgan fingerprint density at radius 3 is 2.85 bits per heavy atom. The summed E-state index contributed by atoms with van der Waals surface area (Å²) < 4.78 is 5.63. The first-order valence-electron chi connectivity index (χ1n) is 6.34. The molecule has 7 heteroatoms. The molecule has 0 aliphatic carbocycles. The number of nitrogens with zero attached hydrogens (tertiary/aromatic N) is 3. The standard InChI is InChI=1S/C13H14ClN5O/c1-15-12-17-11(14)18-13(19-12)16-9-6-7-20-10-5-3-2-4-8(9)10/h2-5,9H,6-7H2,1H3,(H2,15,16,17,18,19). The SMILES string of the molecule is CNc1nc(Cl)nc(NC2CCOc3ccccc32)n1. The van der Waals surface area contributed by atoms with E-state index in [1.807, 2.05) is 24.3 Å². The normalized spacial score (nSPS) is 17.0. The van der Waals surface area contributed by atoms with Crippen LogP contribution >= 0.6 is 11.6 Å². The smallest absolute Gasteiger partial charge is 0.229 e. The lowest BCUT2D eigenvalue weighted by Gasteiger charge is -2.26. The Hall–Kier alpha value is -2.08. The summed E-state index contributed by atoms with van der Waals surface area (Å²) in [4.78, 5) is 12.3. The van der Waals surface area contributed by atoms with E-state index in [1.165, 1.54) is 0 Å². The number of benzene rings is 1. The highest BCUT2D eigenvalue weighted by Gasteiger charge is 2.21. The van der Waals surface area contributed by atoms with Crippen LogP contribution in [0, 0.1) is 0 Å². The maximum Gasteiger partial charge on any atom is 0.229 e. The summed E-state index contributed by atoms with van der Waals surface area (Å²) in [6, 6.07) is 8.04. The molecule has 2 aromatic rings. The minimum absolute atomic E-state index is 0.100. The summed E-state index contributed by atoms with van der Waals surface area (Å²) >= 11 is 5.88. The minimum Gasteiger partial charge on any atom is -0.493 e. The highest BCUT2D eigenvalue weighted by Crippen LogP contribution is 2.33. The number of rotatable bonds is 3. The van der Waals surface area contributed by atoms with Crippen LogP contribution in [0.1, 0.15) is 18.0 Å². The molecule has 0 spiro atoms. The first-order chi connectivity index (χ1) is 9.76. The molecule has 0 fully saturated rings. The molecule has 0 radical (unpaired) electrons. The Labute approximate surface area is 121 Å². The number of fused-ring (bicyclic) bond motifs is 1. The summed E-state index contributed by atoms with van der Waals surface area (Å²) in [6.45, 7) is 0.659. The van der Waals surface area contributed by atoms with Gasteiger partial charge < -0.3 is 15.4 Å². The first kappa shape index (κ1) is 12.9. The van der Waals surface area contributed by atoms with E-state index >= 15 is 0 Å². The van der Waals surface area contributed by atoms with Gasteiger partial charge in [-0.25, -0.2) is 0 Å². The molecular weight excluding hydrogens is 278 g/mol. The molecule has 2 N–H and O–H groups in total. The van der Waals surface area contributed by atoms with Crippen LogP contribution < -0.4 is 15.4 Å². The average molecular weight is 292 g/mol. The van der Waals surface area contributed by atoms with Gasteiger partial charge in [0.25, 0.3) is 0 Å². The van der Waals surface area contributed by atoms with Crippen molar-refractivity contribution in [3.8, 4) is 5.75 Å². The quantitative estimate of drug-likeness (QED) is 0.905. The molecule has 1 aliphatic heterocycles. The molecule has 3 rings (SSSR count). The van der Waals surface area contributed by atoms with Gasteiger partial charge in [0.1, 0.15) is 5.75 Å². The number of para-hydroxylation sites is 1. The predicted molar refractivity (Wildman–Crippen MR) is 77.3 cm³/mol. The van der Waals surface area contributed by atoms with Crippen molar-refractivity contribution in [2.45, 2.75) is 12.5 Å². The number of aromatic nitrogens is 3. The van der Waals surface area contributed by atoms with Gasteiger partial charge in [0, 0.05) is 19.0 Å². The zero-order valence-electron chi connectivity index (χ0n) is 10.9. The Morgan fingerprint density at radius 2 is 2.00 bits per heavy atom. The van der Waals surface area contributed by atoms with Gasteiger partial charge >= 0.3 is 0 Å². The van der Waals surface area contributed by atoms with Gasteiger partial charge in [0.05, 0.1) is 12.6 Å². The zero-order chi connectivity index (χ0) is 13.9. The maximum atomic E-state index is 5.88. The largest absolute Gasteiger partial charge is 0.493 e. The predicted octanol–water partition coefficient (Wildman–Crippen LogP) is 2.50. The average Bonchev–Trinajstić information content (AvgIpc) is 2.47. The van der Waals surface area contributed by atoms with Crippen LogP contribution in [-0.4, -0.2) is 28.6 Å². The van der Waals surface area contributed by atoms with Gasteiger partial charge in [0.15, 0.2) is 0 Å². The topological polar surface area (TPSA) is 72.0 Å². The molecule has 1 aliphatic rings. The second-order valence-electron chi connectivity index (χ2n) is 4.37. The minimum atomic E-state index is 0.100. The molecule has 2 heterocycles. The fraction of sp³-hybridized carbons (Fsp3) is 0.308. The van der Waals surface area contributed by atoms with Crippen LogP contribution in [0.15, 0.2) is 24.3 Å². The Bertz CT molecular complexity index is 621. The van der Waals surface area contributed by atoms with Crippen molar-refractivity contribution >= 4 is 23.5 Å². The summed E-state index contributed by atoms with van der Waals surface area (Å²) in [6.07, 6.45) is 0.842. The number of hydrogen-bond acceptors (Lipinski definition) is 6. The van der Waals surface area contributed by atoms with Crippen molar-refractivity contribution in [1.82, 2.24) is 15.0 Å². The van der Waals surface area contributed by atoms with Crippen molar-refractivity contribution in [2.75, 3.05) is 24.3 Å². The van der Waals surface area contributed by atoms with E-state index in [1.54, 1.807) is 7.05 Å². The molecule has 0 saturated carbocycles. The lowest BCUT2D eigenvalue weighted by atomic mass is 10.0. The molecular formula is C13H14ClN5O. The van der Waals surface area contributed by atoms with E-state index in [9.17, 15) is 0 Å². The highest BCUT2D eigenvalue weighted by atomic mass is 35.5. The van der Waals surface area contributed by atoms with Crippen molar-refractivity contribution in [2.24, 2.45) is 0 Å². The molecule has 1 aromatic carbocycles. The third-order valence-electron chi connectivity index (χ3n) is 3.09. The van der Waals surface area contributed by atoms with E-state index in [0.29, 0.717) is 18.5 Å². The van der Waals surface area contributed by atoms with Crippen LogP contribution in [0.5, 0.6) is 5.75 Å². The molecule has 104 valence electrons. The summed E-state index contributed by atoms with van der Waals surface area (Å²) in [5.41, 5.74) is 1.10. The van der Waals surface area contributed by atoms with Gasteiger partial charge in [0.2, 0.25) is 17.2 Å². The first-order valence-corrected chi connectivity index (χ1v) is 6.71. The molecule has 1 atom stereocenters. The van der Waals surface area contributed by atoms with Crippen molar-refractivity contribution in [3.05, 3.63) is 35.1 Å². The third-order valence-corrected chi connectivity index (χ3v) is 3.26. The lowest BCUT2D eigenvalue weighted by Crippen LogP contribution is -2.21. The highest BCUT2D eigenvalue weighted by molar-refractivity contribution is 6.28. The van der Waals surface area contributed by atoms with Crippen LogP contribution in [0.3, 0.4) is 0 Å². The van der Waals surface area contributed by atoms with E-state index in [-0.39, 0.29) is 11.3 Å². The van der Waals surface area contributed by atoms with Gasteiger partial charge in [-0.15, -0.1) is 0 Å². The second-order valence-corrected chi connectivity index (χ2v) is 4.71. The lowest BCUT2D eigenvalue weighted by molar-refractivity contribution is 0.274. The maximum absolute atomic E-state index is 5.88. The number of nitrogens with one attached hydrogen (secondary N) is 2. The number of ether oxygens (including phenoxy) is 1. The number of hydrogen-bond donors (Lipinski definition) is 2. The molecule has 0 bridgehead atoms. The Balaban J connectivity index is 1.87. The van der Waals surface area contributed by atoms with Gasteiger partial charge in [-0.05, 0) is 17.7 Å². The van der Waals surface area contributed by atoms with Crippen molar-refractivity contribution in [1.29, 1.82) is 0 Å². The van der Waals surface area contributed by atoms with E-state index in [0.717, 1.165) is 17.7 Å². The summed E-state index contributed by atoms with van der Waals surface area (Å²) in [5.74, 6) is 1.79. The molecule has 6 nitrogen and oxygen atoms in total. The number of anilines is 2. The zero-order valence-corrected chi connectivity index (χ0v) is 11.7. The third kappa shape index (κ3) is 2.60. The molecule has 0 saturated heterocycles. The fourth-order valence-electron chi connectivity index (χ4n) is 2.17.